The molecule has 0 saturated heterocycles. The standard InChI is InChI=1S/C7H13N3O2S/c1-3-4-13(11,12)9-7-5-8-10(2)6-7/h5-6,9H,3-4H2,1-2H3. The molecule has 0 aliphatic carbocycles. The maximum Gasteiger partial charge on any atom is 0.232 e. The Morgan fingerprint density at radius 1 is 1.62 bits per heavy atom. The number of sulfonamides is 1. The van der Waals surface area contributed by atoms with Crippen LogP contribution in [0.1, 0.15) is 13.3 Å². The second-order valence-electron chi connectivity index (χ2n) is 2.82. The summed E-state index contributed by atoms with van der Waals surface area (Å²) >= 11 is 0. The molecular weight excluding hydrogens is 190 g/mol. The second kappa shape index (κ2) is 3.78. The van der Waals surface area contributed by atoms with Crippen LogP contribution < -0.4 is 4.72 Å². The van der Waals surface area contributed by atoms with E-state index < -0.39 is 10.0 Å². The van der Waals surface area contributed by atoms with E-state index in [0.29, 0.717) is 12.1 Å². The Morgan fingerprint density at radius 3 is 2.77 bits per heavy atom. The Labute approximate surface area is 77.8 Å². The van der Waals surface area contributed by atoms with Gasteiger partial charge in [-0.15, -0.1) is 0 Å². The molecule has 5 nitrogen and oxygen atoms in total. The number of nitrogens with one attached hydrogen (secondary N) is 1. The van der Waals surface area contributed by atoms with Crippen molar-refractivity contribution in [3.8, 4) is 0 Å². The van der Waals surface area contributed by atoms with Crippen LogP contribution in [-0.2, 0) is 17.1 Å². The fourth-order valence-electron chi connectivity index (χ4n) is 0.973. The molecule has 0 amide bonds. The number of hydrogen-bond acceptors (Lipinski definition) is 3. The van der Waals surface area contributed by atoms with Crippen LogP contribution in [0.4, 0.5) is 5.69 Å². The molecule has 0 atom stereocenters. The van der Waals surface area contributed by atoms with Gasteiger partial charge in [0.05, 0.1) is 17.6 Å². The van der Waals surface area contributed by atoms with Gasteiger partial charge < -0.3 is 0 Å². The van der Waals surface area contributed by atoms with Gasteiger partial charge >= 0.3 is 0 Å². The van der Waals surface area contributed by atoms with E-state index in [2.05, 4.69) is 9.82 Å². The van der Waals surface area contributed by atoms with Crippen molar-refractivity contribution in [3.05, 3.63) is 12.4 Å². The molecule has 0 aromatic carbocycles. The van der Waals surface area contributed by atoms with Crippen LogP contribution in [-0.4, -0.2) is 24.0 Å². The molecule has 0 radical (unpaired) electrons. The molecule has 74 valence electrons. The van der Waals surface area contributed by atoms with E-state index >= 15 is 0 Å². The second-order valence-corrected chi connectivity index (χ2v) is 4.67. The maximum atomic E-state index is 11.3. The molecule has 1 aromatic rings. The largest absolute Gasteiger partial charge is 0.280 e. The molecule has 0 aliphatic heterocycles. The molecule has 0 unspecified atom stereocenters. The minimum Gasteiger partial charge on any atom is -0.280 e. The number of hydrogen-bond donors (Lipinski definition) is 1. The Bertz CT molecular complexity index is 369. The topological polar surface area (TPSA) is 64.0 Å². The van der Waals surface area contributed by atoms with Gasteiger partial charge in [-0.3, -0.25) is 9.40 Å². The Kier molecular flexibility index (Phi) is 2.92. The van der Waals surface area contributed by atoms with E-state index in [1.54, 1.807) is 17.9 Å². The van der Waals surface area contributed by atoms with Gasteiger partial charge in [-0.1, -0.05) is 6.92 Å². The van der Waals surface area contributed by atoms with Crippen molar-refractivity contribution in [2.24, 2.45) is 7.05 Å². The SMILES string of the molecule is CCCS(=O)(=O)Nc1cnn(C)c1. The maximum absolute atomic E-state index is 11.3. The minimum atomic E-state index is -3.17. The van der Waals surface area contributed by atoms with Crippen LogP contribution in [0.15, 0.2) is 12.4 Å². The molecule has 13 heavy (non-hydrogen) atoms. The predicted molar refractivity (Wildman–Crippen MR) is 50.9 cm³/mol. The molecule has 0 bridgehead atoms. The van der Waals surface area contributed by atoms with Crippen LogP contribution in [0.5, 0.6) is 0 Å². The number of anilines is 1. The molecule has 0 aliphatic rings. The zero-order valence-electron chi connectivity index (χ0n) is 7.69. The predicted octanol–water partition coefficient (Wildman–Crippen LogP) is 0.572. The average Bonchev–Trinajstić information content (AvgIpc) is 2.34. The lowest BCUT2D eigenvalue weighted by molar-refractivity contribution is 0.600. The first-order chi connectivity index (χ1) is 6.03. The van der Waals surface area contributed by atoms with E-state index in [-0.39, 0.29) is 5.75 Å². The molecule has 0 fully saturated rings. The van der Waals surface area contributed by atoms with Crippen molar-refractivity contribution in [3.63, 3.8) is 0 Å². The van der Waals surface area contributed by atoms with E-state index in [4.69, 9.17) is 0 Å². The summed E-state index contributed by atoms with van der Waals surface area (Å²) in [6.45, 7) is 1.82. The zero-order valence-corrected chi connectivity index (χ0v) is 8.50. The minimum absolute atomic E-state index is 0.141. The van der Waals surface area contributed by atoms with E-state index in [0.717, 1.165) is 0 Å². The summed E-state index contributed by atoms with van der Waals surface area (Å²) in [5, 5.41) is 3.85. The summed E-state index contributed by atoms with van der Waals surface area (Å²) in [5.41, 5.74) is 0.510. The fraction of sp³-hybridized carbons (Fsp3) is 0.571. The monoisotopic (exact) mass is 203 g/mol. The van der Waals surface area contributed by atoms with Crippen LogP contribution >= 0.6 is 0 Å². The summed E-state index contributed by atoms with van der Waals surface area (Å²) < 4.78 is 26.5. The van der Waals surface area contributed by atoms with Gasteiger partial charge in [0.25, 0.3) is 0 Å². The highest BCUT2D eigenvalue weighted by Gasteiger charge is 2.08. The normalized spacial score (nSPS) is 11.5. The van der Waals surface area contributed by atoms with Crippen molar-refractivity contribution >= 4 is 15.7 Å². The van der Waals surface area contributed by atoms with E-state index in [1.807, 2.05) is 6.92 Å². The fourth-order valence-corrected chi connectivity index (χ4v) is 2.08. The van der Waals surface area contributed by atoms with Gasteiger partial charge in [-0.05, 0) is 6.42 Å². The van der Waals surface area contributed by atoms with Gasteiger partial charge in [-0.25, -0.2) is 8.42 Å². The number of nitrogens with zero attached hydrogens (tertiary/aromatic N) is 2. The first kappa shape index (κ1) is 10.0. The zero-order chi connectivity index (χ0) is 9.90. The van der Waals surface area contributed by atoms with Crippen molar-refractivity contribution < 1.29 is 8.42 Å². The molecule has 1 rings (SSSR count). The third-order valence-corrected chi connectivity index (χ3v) is 2.94. The molecule has 1 heterocycles. The van der Waals surface area contributed by atoms with Gasteiger partial charge in [-0.2, -0.15) is 5.10 Å². The van der Waals surface area contributed by atoms with E-state index in [1.165, 1.54) is 6.20 Å². The van der Waals surface area contributed by atoms with Crippen molar-refractivity contribution in [1.82, 2.24) is 9.78 Å². The summed E-state index contributed by atoms with van der Waals surface area (Å²) in [5.74, 6) is 0.141. The Balaban J connectivity index is 2.69. The highest BCUT2D eigenvalue weighted by Crippen LogP contribution is 2.06. The highest BCUT2D eigenvalue weighted by molar-refractivity contribution is 7.92. The Hall–Kier alpha value is -1.04. The van der Waals surface area contributed by atoms with Gasteiger partial charge in [0.15, 0.2) is 0 Å². The van der Waals surface area contributed by atoms with Gasteiger partial charge in [0, 0.05) is 13.2 Å². The molecule has 0 spiro atoms. The van der Waals surface area contributed by atoms with Crippen LogP contribution in [0.25, 0.3) is 0 Å². The summed E-state index contributed by atoms with van der Waals surface area (Å²) in [6.07, 6.45) is 3.70. The number of rotatable bonds is 4. The number of aryl methyl sites for hydroxylation is 1. The molecular formula is C7H13N3O2S. The van der Waals surface area contributed by atoms with Crippen LogP contribution in [0, 0.1) is 0 Å². The average molecular weight is 203 g/mol. The lowest BCUT2D eigenvalue weighted by Gasteiger charge is -2.02. The van der Waals surface area contributed by atoms with Crippen LogP contribution in [0.2, 0.25) is 0 Å². The lowest BCUT2D eigenvalue weighted by Crippen LogP contribution is -2.15. The summed E-state index contributed by atoms with van der Waals surface area (Å²) in [7, 11) is -1.44. The summed E-state index contributed by atoms with van der Waals surface area (Å²) in [6, 6.07) is 0. The highest BCUT2D eigenvalue weighted by atomic mass is 32.2. The summed E-state index contributed by atoms with van der Waals surface area (Å²) in [4.78, 5) is 0. The molecule has 1 aromatic heterocycles. The van der Waals surface area contributed by atoms with Crippen molar-refractivity contribution in [2.45, 2.75) is 13.3 Å². The Morgan fingerprint density at radius 2 is 2.31 bits per heavy atom. The number of aromatic nitrogens is 2. The lowest BCUT2D eigenvalue weighted by atomic mass is 10.6. The molecule has 6 heteroatoms. The molecule has 1 N–H and O–H groups in total. The third kappa shape index (κ3) is 3.06. The van der Waals surface area contributed by atoms with Crippen molar-refractivity contribution in [1.29, 1.82) is 0 Å². The van der Waals surface area contributed by atoms with E-state index in [9.17, 15) is 8.42 Å². The van der Waals surface area contributed by atoms with Crippen molar-refractivity contribution in [2.75, 3.05) is 10.5 Å². The van der Waals surface area contributed by atoms with Gasteiger partial charge in [0.1, 0.15) is 0 Å². The molecule has 0 saturated carbocycles. The van der Waals surface area contributed by atoms with Crippen LogP contribution in [0.3, 0.4) is 0 Å². The first-order valence-corrected chi connectivity index (χ1v) is 5.68. The van der Waals surface area contributed by atoms with Gasteiger partial charge in [0.2, 0.25) is 10.0 Å². The smallest absolute Gasteiger partial charge is 0.232 e. The quantitative estimate of drug-likeness (QED) is 0.778. The third-order valence-electron chi connectivity index (χ3n) is 1.45. The first-order valence-electron chi connectivity index (χ1n) is 4.02.